The molecule has 0 fully saturated rings. The molecule has 0 saturated carbocycles. The van der Waals surface area contributed by atoms with Crippen LogP contribution >= 0.6 is 38.9 Å². The van der Waals surface area contributed by atoms with E-state index in [-0.39, 0.29) is 0 Å². The summed E-state index contributed by atoms with van der Waals surface area (Å²) < 4.78 is 1.02. The van der Waals surface area contributed by atoms with Crippen molar-refractivity contribution in [2.24, 2.45) is 0 Å². The molecule has 21 heavy (non-hydrogen) atoms. The summed E-state index contributed by atoms with van der Waals surface area (Å²) in [5.74, 6) is 0. The van der Waals surface area contributed by atoms with Crippen molar-refractivity contribution in [3.63, 3.8) is 0 Å². The highest BCUT2D eigenvalue weighted by molar-refractivity contribution is 9.10. The summed E-state index contributed by atoms with van der Waals surface area (Å²) in [6.45, 7) is 0.772. The van der Waals surface area contributed by atoms with Gasteiger partial charge in [0.05, 0.1) is 10.7 Å². The largest absolute Gasteiger partial charge is 0.379 e. The van der Waals surface area contributed by atoms with E-state index in [0.717, 1.165) is 21.7 Å². The Labute approximate surface area is 141 Å². The van der Waals surface area contributed by atoms with Gasteiger partial charge in [0.15, 0.2) is 0 Å². The molecule has 0 amide bonds. The van der Waals surface area contributed by atoms with E-state index in [1.165, 1.54) is 15.3 Å². The van der Waals surface area contributed by atoms with Gasteiger partial charge in [0.25, 0.3) is 0 Å². The molecule has 0 unspecified atom stereocenters. The molecule has 0 atom stereocenters. The summed E-state index contributed by atoms with van der Waals surface area (Å²) in [7, 11) is 0. The highest BCUT2D eigenvalue weighted by Gasteiger charge is 2.04. The van der Waals surface area contributed by atoms with Gasteiger partial charge in [-0.15, -0.1) is 11.3 Å². The Morgan fingerprint density at radius 1 is 1.00 bits per heavy atom. The second-order valence-electron chi connectivity index (χ2n) is 4.61. The predicted octanol–water partition coefficient (Wildman–Crippen LogP) is 6.44. The van der Waals surface area contributed by atoms with Crippen LogP contribution in [0.1, 0.15) is 4.88 Å². The number of nitrogens with one attached hydrogen (secondary N) is 1. The molecule has 3 aromatic rings. The summed E-state index contributed by atoms with van der Waals surface area (Å²) in [5.41, 5.74) is 2.20. The van der Waals surface area contributed by atoms with Crippen molar-refractivity contribution in [1.82, 2.24) is 0 Å². The molecule has 4 heteroatoms. The zero-order valence-corrected chi connectivity index (χ0v) is 14.3. The Balaban J connectivity index is 1.72. The highest BCUT2D eigenvalue weighted by atomic mass is 79.9. The maximum atomic E-state index is 6.18. The third-order valence-corrected chi connectivity index (χ3v) is 5.06. The third-order valence-electron chi connectivity index (χ3n) is 3.10. The summed E-state index contributed by atoms with van der Waals surface area (Å²) in [4.78, 5) is 2.57. The number of rotatable bonds is 4. The molecule has 3 rings (SSSR count). The van der Waals surface area contributed by atoms with Crippen LogP contribution in [-0.4, -0.2) is 0 Å². The molecule has 1 heterocycles. The van der Waals surface area contributed by atoms with Gasteiger partial charge in [0.2, 0.25) is 0 Å². The number of thiophene rings is 1. The molecule has 0 aliphatic carbocycles. The molecule has 1 N–H and O–H groups in total. The van der Waals surface area contributed by atoms with Crippen molar-refractivity contribution in [2.75, 3.05) is 5.32 Å². The van der Waals surface area contributed by atoms with Crippen LogP contribution in [0.2, 0.25) is 5.02 Å². The summed E-state index contributed by atoms with van der Waals surface area (Å²) in [5, 5.41) is 4.12. The zero-order valence-electron chi connectivity index (χ0n) is 11.1. The lowest BCUT2D eigenvalue weighted by Gasteiger charge is -2.07. The standard InChI is InChI=1S/C17H13BrClNS/c18-13-6-8-15(19)16(10-13)20-11-14-7-9-17(21-14)12-4-2-1-3-5-12/h1-10,20H,11H2. The van der Waals surface area contributed by atoms with Crippen LogP contribution in [-0.2, 0) is 6.54 Å². The first-order valence-corrected chi connectivity index (χ1v) is 8.54. The minimum Gasteiger partial charge on any atom is -0.379 e. The van der Waals surface area contributed by atoms with Crippen molar-refractivity contribution >= 4 is 44.6 Å². The zero-order chi connectivity index (χ0) is 14.7. The highest BCUT2D eigenvalue weighted by Crippen LogP contribution is 2.30. The number of hydrogen-bond donors (Lipinski definition) is 1. The van der Waals surface area contributed by atoms with Gasteiger partial charge in [-0.05, 0) is 35.9 Å². The van der Waals surface area contributed by atoms with Crippen LogP contribution in [0.5, 0.6) is 0 Å². The molecule has 0 saturated heterocycles. The van der Waals surface area contributed by atoms with E-state index in [4.69, 9.17) is 11.6 Å². The molecule has 0 aliphatic heterocycles. The fourth-order valence-electron chi connectivity index (χ4n) is 2.05. The van der Waals surface area contributed by atoms with Crippen LogP contribution < -0.4 is 5.32 Å². The van der Waals surface area contributed by atoms with Gasteiger partial charge in [-0.2, -0.15) is 0 Å². The topological polar surface area (TPSA) is 12.0 Å². The number of benzene rings is 2. The van der Waals surface area contributed by atoms with Gasteiger partial charge >= 0.3 is 0 Å². The minimum atomic E-state index is 0.734. The summed E-state index contributed by atoms with van der Waals surface area (Å²) >= 11 is 11.4. The van der Waals surface area contributed by atoms with Crippen LogP contribution in [0.15, 0.2) is 65.1 Å². The molecule has 0 spiro atoms. The van der Waals surface area contributed by atoms with Crippen LogP contribution in [0.4, 0.5) is 5.69 Å². The lowest BCUT2D eigenvalue weighted by molar-refractivity contribution is 1.19. The van der Waals surface area contributed by atoms with Crippen LogP contribution in [0.3, 0.4) is 0 Å². The first-order valence-electron chi connectivity index (χ1n) is 6.55. The molecule has 1 aromatic heterocycles. The van der Waals surface area contributed by atoms with Gasteiger partial charge in [0, 0.05) is 20.8 Å². The fourth-order valence-corrected chi connectivity index (χ4v) is 3.54. The quantitative estimate of drug-likeness (QED) is 0.550. The van der Waals surface area contributed by atoms with Crippen molar-refractivity contribution in [1.29, 1.82) is 0 Å². The maximum Gasteiger partial charge on any atom is 0.0638 e. The van der Waals surface area contributed by atoms with Crippen molar-refractivity contribution in [2.45, 2.75) is 6.54 Å². The second-order valence-corrected chi connectivity index (χ2v) is 7.10. The van der Waals surface area contributed by atoms with E-state index in [0.29, 0.717) is 0 Å². The van der Waals surface area contributed by atoms with Crippen molar-refractivity contribution in [3.8, 4) is 10.4 Å². The molecular formula is C17H13BrClNS. The third kappa shape index (κ3) is 3.67. The van der Waals surface area contributed by atoms with E-state index < -0.39 is 0 Å². The molecule has 0 bridgehead atoms. The second kappa shape index (κ2) is 6.65. The predicted molar refractivity (Wildman–Crippen MR) is 96.2 cm³/mol. The SMILES string of the molecule is Clc1ccc(Br)cc1NCc1ccc(-c2ccccc2)s1. The number of hydrogen-bond acceptors (Lipinski definition) is 2. The lowest BCUT2D eigenvalue weighted by Crippen LogP contribution is -1.97. The Kier molecular flexibility index (Phi) is 4.63. The van der Waals surface area contributed by atoms with Crippen molar-refractivity contribution in [3.05, 3.63) is 75.0 Å². The average molecular weight is 379 g/mol. The van der Waals surface area contributed by atoms with Gasteiger partial charge in [0.1, 0.15) is 0 Å². The van der Waals surface area contributed by atoms with Gasteiger partial charge in [-0.1, -0.05) is 57.9 Å². The average Bonchev–Trinajstić information content (AvgIpc) is 2.98. The van der Waals surface area contributed by atoms with E-state index in [9.17, 15) is 0 Å². The molecule has 106 valence electrons. The summed E-state index contributed by atoms with van der Waals surface area (Å²) in [6, 6.07) is 20.6. The molecule has 2 aromatic carbocycles. The smallest absolute Gasteiger partial charge is 0.0638 e. The molecule has 0 radical (unpaired) electrons. The minimum absolute atomic E-state index is 0.734. The van der Waals surface area contributed by atoms with Crippen molar-refractivity contribution < 1.29 is 0 Å². The van der Waals surface area contributed by atoms with Gasteiger partial charge < -0.3 is 5.32 Å². The van der Waals surface area contributed by atoms with Crippen LogP contribution in [0.25, 0.3) is 10.4 Å². The lowest BCUT2D eigenvalue weighted by atomic mass is 10.2. The van der Waals surface area contributed by atoms with Gasteiger partial charge in [-0.25, -0.2) is 0 Å². The molecule has 0 aliphatic rings. The van der Waals surface area contributed by atoms with Gasteiger partial charge in [-0.3, -0.25) is 0 Å². The van der Waals surface area contributed by atoms with E-state index in [2.05, 4.69) is 57.6 Å². The maximum absolute atomic E-state index is 6.18. The van der Waals surface area contributed by atoms with Crippen LogP contribution in [0, 0.1) is 0 Å². The van der Waals surface area contributed by atoms with E-state index >= 15 is 0 Å². The Bertz CT molecular complexity index is 740. The normalized spacial score (nSPS) is 10.6. The first-order chi connectivity index (χ1) is 10.2. The van der Waals surface area contributed by atoms with E-state index in [1.54, 1.807) is 11.3 Å². The Hall–Kier alpha value is -1.29. The number of anilines is 1. The first kappa shape index (κ1) is 14.6. The molecular weight excluding hydrogens is 366 g/mol. The number of halogens is 2. The monoisotopic (exact) mass is 377 g/mol. The summed E-state index contributed by atoms with van der Waals surface area (Å²) in [6.07, 6.45) is 0. The Morgan fingerprint density at radius 3 is 2.62 bits per heavy atom. The van der Waals surface area contributed by atoms with E-state index in [1.807, 2.05) is 24.3 Å². The molecule has 1 nitrogen and oxygen atoms in total. The fraction of sp³-hybridized carbons (Fsp3) is 0.0588. The Morgan fingerprint density at radius 2 is 1.81 bits per heavy atom.